The third kappa shape index (κ3) is 4.28. The molecule has 2 rings (SSSR count). The Bertz CT molecular complexity index is 466. The molecular weight excluding hydrogens is 276 g/mol. The average molecular weight is 296 g/mol. The molecule has 20 heavy (non-hydrogen) atoms. The third-order valence-electron chi connectivity index (χ3n) is 3.42. The lowest BCUT2D eigenvalue weighted by Crippen LogP contribution is -2.39. The normalized spacial score (nSPS) is 15.8. The van der Waals surface area contributed by atoms with E-state index in [1.807, 2.05) is 5.38 Å². The van der Waals surface area contributed by atoms with Crippen LogP contribution in [0.2, 0.25) is 0 Å². The molecule has 0 unspecified atom stereocenters. The molecule has 1 heterocycles. The Hall–Kier alpha value is -1.47. The first-order chi connectivity index (χ1) is 9.54. The van der Waals surface area contributed by atoms with Crippen LogP contribution in [0, 0.1) is 0 Å². The minimum absolute atomic E-state index is 0.0131. The van der Waals surface area contributed by atoms with Gasteiger partial charge in [0.25, 0.3) is 0 Å². The van der Waals surface area contributed by atoms with E-state index in [9.17, 15) is 9.59 Å². The highest BCUT2D eigenvalue weighted by atomic mass is 32.1. The number of carbonyl (C=O) groups excluding carboxylic acids is 2. The van der Waals surface area contributed by atoms with Crippen molar-refractivity contribution >= 4 is 23.2 Å². The van der Waals surface area contributed by atoms with E-state index in [4.69, 9.17) is 11.5 Å². The number of nitrogens with two attached hydrogens (primary N) is 2. The van der Waals surface area contributed by atoms with Gasteiger partial charge in [-0.2, -0.15) is 0 Å². The number of primary amides is 2. The van der Waals surface area contributed by atoms with E-state index in [0.717, 1.165) is 10.7 Å². The van der Waals surface area contributed by atoms with Crippen LogP contribution in [0.3, 0.4) is 0 Å². The smallest absolute Gasteiger partial charge is 0.231 e. The van der Waals surface area contributed by atoms with Crippen molar-refractivity contribution in [3.8, 4) is 0 Å². The van der Waals surface area contributed by atoms with Crippen LogP contribution in [0.15, 0.2) is 5.38 Å². The Morgan fingerprint density at radius 2 is 1.85 bits per heavy atom. The van der Waals surface area contributed by atoms with Gasteiger partial charge in [-0.15, -0.1) is 11.3 Å². The Labute approximate surface area is 122 Å². The molecule has 0 spiro atoms. The zero-order valence-corrected chi connectivity index (χ0v) is 12.2. The van der Waals surface area contributed by atoms with E-state index in [1.54, 1.807) is 16.2 Å². The Kier molecular flexibility index (Phi) is 5.08. The summed E-state index contributed by atoms with van der Waals surface area (Å²) in [6, 6.07) is 0. The van der Waals surface area contributed by atoms with Crippen LogP contribution in [0.5, 0.6) is 0 Å². The number of hydrogen-bond donors (Lipinski definition) is 2. The van der Waals surface area contributed by atoms with Gasteiger partial charge >= 0.3 is 0 Å². The summed E-state index contributed by atoms with van der Waals surface area (Å²) >= 11 is 1.66. The van der Waals surface area contributed by atoms with Crippen molar-refractivity contribution in [2.75, 3.05) is 13.1 Å². The maximum absolute atomic E-state index is 11.0. The van der Waals surface area contributed by atoms with Gasteiger partial charge in [-0.1, -0.05) is 12.8 Å². The predicted molar refractivity (Wildman–Crippen MR) is 77.0 cm³/mol. The highest BCUT2D eigenvalue weighted by molar-refractivity contribution is 7.09. The summed E-state index contributed by atoms with van der Waals surface area (Å²) in [6.07, 6.45) is 4.96. The van der Waals surface area contributed by atoms with Crippen molar-refractivity contribution < 1.29 is 9.59 Å². The van der Waals surface area contributed by atoms with Gasteiger partial charge < -0.3 is 11.5 Å². The molecule has 4 N–H and O–H groups in total. The number of carbonyl (C=O) groups is 2. The van der Waals surface area contributed by atoms with Gasteiger partial charge in [0, 0.05) is 17.8 Å². The van der Waals surface area contributed by atoms with Gasteiger partial charge in [-0.25, -0.2) is 4.98 Å². The molecule has 110 valence electrons. The van der Waals surface area contributed by atoms with Crippen LogP contribution in [-0.2, 0) is 16.1 Å². The summed E-state index contributed by atoms with van der Waals surface area (Å²) < 4.78 is 0. The second kappa shape index (κ2) is 6.81. The molecule has 0 bridgehead atoms. The van der Waals surface area contributed by atoms with Crippen LogP contribution >= 0.6 is 11.3 Å². The molecule has 7 heteroatoms. The topological polar surface area (TPSA) is 102 Å². The number of hydrogen-bond acceptors (Lipinski definition) is 5. The highest BCUT2D eigenvalue weighted by Crippen LogP contribution is 2.35. The number of thiazole rings is 1. The molecule has 0 saturated heterocycles. The fourth-order valence-corrected chi connectivity index (χ4v) is 3.58. The van der Waals surface area contributed by atoms with Gasteiger partial charge in [-0.3, -0.25) is 14.5 Å². The Morgan fingerprint density at radius 1 is 1.25 bits per heavy atom. The number of nitrogens with zero attached hydrogens (tertiary/aromatic N) is 2. The SMILES string of the molecule is NC(=O)CN(CC(N)=O)Cc1csc(C2CCCC2)n1. The number of rotatable bonds is 7. The summed E-state index contributed by atoms with van der Waals surface area (Å²) in [4.78, 5) is 28.3. The molecule has 1 saturated carbocycles. The Morgan fingerprint density at radius 3 is 2.40 bits per heavy atom. The number of amides is 2. The Balaban J connectivity index is 1.98. The van der Waals surface area contributed by atoms with E-state index in [2.05, 4.69) is 4.98 Å². The van der Waals surface area contributed by atoms with E-state index in [1.165, 1.54) is 25.7 Å². The molecule has 0 atom stereocenters. The van der Waals surface area contributed by atoms with E-state index in [-0.39, 0.29) is 13.1 Å². The summed E-state index contributed by atoms with van der Waals surface area (Å²) in [5.41, 5.74) is 11.2. The van der Waals surface area contributed by atoms with Gasteiger partial charge in [0.15, 0.2) is 0 Å². The first-order valence-electron chi connectivity index (χ1n) is 6.78. The summed E-state index contributed by atoms with van der Waals surface area (Å²) in [5, 5.41) is 3.15. The fraction of sp³-hybridized carbons (Fsp3) is 0.615. The second-order valence-electron chi connectivity index (χ2n) is 5.24. The molecule has 1 fully saturated rings. The first kappa shape index (κ1) is 14.9. The largest absolute Gasteiger partial charge is 0.369 e. The summed E-state index contributed by atoms with van der Waals surface area (Å²) in [6.45, 7) is 0.452. The fourth-order valence-electron chi connectivity index (χ4n) is 2.59. The lowest BCUT2D eigenvalue weighted by atomic mass is 10.1. The lowest BCUT2D eigenvalue weighted by Gasteiger charge is -2.17. The van der Waals surface area contributed by atoms with E-state index >= 15 is 0 Å². The van der Waals surface area contributed by atoms with Gasteiger partial charge in [-0.05, 0) is 12.8 Å². The van der Waals surface area contributed by atoms with Crippen LogP contribution in [0.4, 0.5) is 0 Å². The summed E-state index contributed by atoms with van der Waals surface area (Å²) in [5.74, 6) is -0.371. The average Bonchev–Trinajstić information content (AvgIpc) is 2.95. The molecule has 0 aliphatic heterocycles. The van der Waals surface area contributed by atoms with Crippen molar-refractivity contribution in [1.29, 1.82) is 0 Å². The van der Waals surface area contributed by atoms with Crippen molar-refractivity contribution in [2.24, 2.45) is 11.5 Å². The van der Waals surface area contributed by atoms with Crippen LogP contribution < -0.4 is 11.5 Å². The molecule has 1 aromatic heterocycles. The summed E-state index contributed by atoms with van der Waals surface area (Å²) in [7, 11) is 0. The van der Waals surface area contributed by atoms with E-state index < -0.39 is 11.8 Å². The van der Waals surface area contributed by atoms with Crippen molar-refractivity contribution in [1.82, 2.24) is 9.88 Å². The molecule has 6 nitrogen and oxygen atoms in total. The maximum atomic E-state index is 11.0. The van der Waals surface area contributed by atoms with Crippen molar-refractivity contribution in [3.63, 3.8) is 0 Å². The first-order valence-corrected chi connectivity index (χ1v) is 7.66. The molecule has 2 amide bonds. The predicted octanol–water partition coefficient (Wildman–Crippen LogP) is 0.573. The monoisotopic (exact) mass is 296 g/mol. The van der Waals surface area contributed by atoms with Gasteiger partial charge in [0.05, 0.1) is 23.8 Å². The van der Waals surface area contributed by atoms with Crippen LogP contribution in [0.1, 0.15) is 42.3 Å². The highest BCUT2D eigenvalue weighted by Gasteiger charge is 2.21. The van der Waals surface area contributed by atoms with Crippen LogP contribution in [-0.4, -0.2) is 34.8 Å². The van der Waals surface area contributed by atoms with Gasteiger partial charge in [0.2, 0.25) is 11.8 Å². The zero-order valence-electron chi connectivity index (χ0n) is 11.4. The van der Waals surface area contributed by atoms with Crippen LogP contribution in [0.25, 0.3) is 0 Å². The minimum atomic E-state index is -0.475. The van der Waals surface area contributed by atoms with E-state index in [0.29, 0.717) is 12.5 Å². The quantitative estimate of drug-likeness (QED) is 0.768. The van der Waals surface area contributed by atoms with Crippen molar-refractivity contribution in [3.05, 3.63) is 16.1 Å². The molecule has 0 aromatic carbocycles. The standard InChI is InChI=1S/C13H20N4O2S/c14-11(18)6-17(7-12(15)19)5-10-8-20-13(16-10)9-3-1-2-4-9/h8-9H,1-7H2,(H2,14,18)(H2,15,19). The molecule has 1 aliphatic rings. The zero-order chi connectivity index (χ0) is 14.5. The second-order valence-corrected chi connectivity index (χ2v) is 6.13. The molecular formula is C13H20N4O2S. The third-order valence-corrected chi connectivity index (χ3v) is 4.47. The molecule has 1 aliphatic carbocycles. The molecule has 1 aromatic rings. The number of aromatic nitrogens is 1. The minimum Gasteiger partial charge on any atom is -0.369 e. The van der Waals surface area contributed by atoms with Crippen molar-refractivity contribution in [2.45, 2.75) is 38.1 Å². The van der Waals surface area contributed by atoms with Gasteiger partial charge in [0.1, 0.15) is 0 Å². The molecule has 0 radical (unpaired) electrons. The lowest BCUT2D eigenvalue weighted by molar-refractivity contribution is -0.122. The maximum Gasteiger partial charge on any atom is 0.231 e.